The zero-order valence-corrected chi connectivity index (χ0v) is 13.2. The van der Waals surface area contributed by atoms with Crippen LogP contribution in [0, 0.1) is 5.41 Å². The lowest BCUT2D eigenvalue weighted by atomic mass is 10.3. The molecule has 1 atom stereocenters. The zero-order valence-electron chi connectivity index (χ0n) is 8.88. The number of benzene rings is 1. The van der Waals surface area contributed by atoms with Crippen molar-refractivity contribution in [1.82, 2.24) is 0 Å². The van der Waals surface area contributed by atoms with Crippen LogP contribution in [0.15, 0.2) is 34.9 Å². The topological polar surface area (TPSA) is 45.1 Å². The van der Waals surface area contributed by atoms with E-state index in [4.69, 9.17) is 5.41 Å². The summed E-state index contributed by atoms with van der Waals surface area (Å²) in [6, 6.07) is 6.00. The van der Waals surface area contributed by atoms with Crippen molar-refractivity contribution in [3.63, 3.8) is 0 Å². The van der Waals surface area contributed by atoms with Gasteiger partial charge >= 0.3 is 5.85 Å². The van der Waals surface area contributed by atoms with E-state index in [1.807, 2.05) is 0 Å². The van der Waals surface area contributed by atoms with Crippen LogP contribution in [0.4, 0.5) is 14.5 Å². The van der Waals surface area contributed by atoms with E-state index >= 15 is 0 Å². The maximum Gasteiger partial charge on any atom is 0.408 e. The monoisotopic (exact) mass is 400 g/mol. The molecule has 18 heavy (non-hydrogen) atoms. The highest BCUT2D eigenvalue weighted by Gasteiger charge is 2.23. The molecule has 1 aromatic rings. The van der Waals surface area contributed by atoms with Gasteiger partial charge in [0.15, 0.2) is 0 Å². The van der Waals surface area contributed by atoms with Gasteiger partial charge in [-0.25, -0.2) is 0 Å². The molecular weight excluding hydrogens is 393 g/mol. The summed E-state index contributed by atoms with van der Waals surface area (Å²) in [4.78, 5) is 0. The van der Waals surface area contributed by atoms with Crippen molar-refractivity contribution in [2.75, 3.05) is 5.32 Å². The largest absolute Gasteiger partial charge is 0.430 e. The van der Waals surface area contributed by atoms with Crippen LogP contribution < -0.4 is 10.1 Å². The van der Waals surface area contributed by atoms with E-state index in [2.05, 4.69) is 41.9 Å². The molecule has 0 fully saturated rings. The number of alkyl halides is 2. The Hall–Kier alpha value is -0.520. The van der Waals surface area contributed by atoms with Crippen molar-refractivity contribution in [3.8, 4) is 5.75 Å². The van der Waals surface area contributed by atoms with Gasteiger partial charge in [0.2, 0.25) is 0 Å². The molecule has 1 unspecified atom stereocenters. The first-order valence-electron chi connectivity index (χ1n) is 4.60. The highest BCUT2D eigenvalue weighted by Crippen LogP contribution is 2.28. The van der Waals surface area contributed by atoms with Gasteiger partial charge in [0.1, 0.15) is 5.75 Å². The van der Waals surface area contributed by atoms with Gasteiger partial charge in [-0.2, -0.15) is 8.78 Å². The number of hydrogen-bond donors (Lipinski definition) is 2. The van der Waals surface area contributed by atoms with Crippen molar-refractivity contribution in [2.24, 2.45) is 0 Å². The van der Waals surface area contributed by atoms with E-state index in [1.54, 1.807) is 12.1 Å². The summed E-state index contributed by atoms with van der Waals surface area (Å²) >= 11 is 6.17. The fraction of sp³-hybridized carbons (Fsp3) is 0.100. The minimum absolute atomic E-state index is 0.0638. The SMILES string of the molecule is N=C(Br)/C=C(/Br)Nc1ccc(OC(F)(F)P)cc1. The van der Waals surface area contributed by atoms with Gasteiger partial charge < -0.3 is 10.1 Å². The first-order valence-corrected chi connectivity index (χ1v) is 6.76. The molecule has 1 rings (SSSR count). The van der Waals surface area contributed by atoms with Crippen molar-refractivity contribution >= 4 is 51.4 Å². The Bertz CT molecular complexity index is 460. The summed E-state index contributed by atoms with van der Waals surface area (Å²) in [6.07, 6.45) is 1.50. The second-order valence-electron chi connectivity index (χ2n) is 3.15. The van der Waals surface area contributed by atoms with Crippen molar-refractivity contribution < 1.29 is 13.5 Å². The minimum Gasteiger partial charge on any atom is -0.430 e. The van der Waals surface area contributed by atoms with Gasteiger partial charge in [0.25, 0.3) is 0 Å². The van der Waals surface area contributed by atoms with E-state index in [0.717, 1.165) is 0 Å². The molecule has 2 N–H and O–H groups in total. The molecule has 0 heterocycles. The number of rotatable bonds is 5. The van der Waals surface area contributed by atoms with Crippen LogP contribution in [0.2, 0.25) is 0 Å². The molecule has 8 heteroatoms. The Labute approximate surface area is 122 Å². The second-order valence-corrected chi connectivity index (χ2v) is 5.53. The number of anilines is 1. The highest BCUT2D eigenvalue weighted by molar-refractivity contribution is 9.18. The van der Waals surface area contributed by atoms with Crippen molar-refractivity contribution in [1.29, 1.82) is 5.41 Å². The van der Waals surface area contributed by atoms with Crippen molar-refractivity contribution in [2.45, 2.75) is 5.85 Å². The Morgan fingerprint density at radius 1 is 1.33 bits per heavy atom. The maximum absolute atomic E-state index is 12.5. The van der Waals surface area contributed by atoms with Crippen LogP contribution in [-0.2, 0) is 0 Å². The first kappa shape index (κ1) is 15.5. The van der Waals surface area contributed by atoms with E-state index in [-0.39, 0.29) is 10.4 Å². The summed E-state index contributed by atoms with van der Waals surface area (Å²) < 4.78 is 30.2. The Morgan fingerprint density at radius 2 is 1.89 bits per heavy atom. The molecule has 0 spiro atoms. The van der Waals surface area contributed by atoms with Crippen LogP contribution >= 0.6 is 41.1 Å². The third kappa shape index (κ3) is 6.42. The fourth-order valence-corrected chi connectivity index (χ4v) is 2.18. The molecule has 0 aliphatic carbocycles. The normalized spacial score (nSPS) is 12.2. The highest BCUT2D eigenvalue weighted by atomic mass is 79.9. The molecule has 0 radical (unpaired) electrons. The molecule has 0 bridgehead atoms. The number of nitrogens with one attached hydrogen (secondary N) is 2. The predicted molar refractivity (Wildman–Crippen MR) is 79.0 cm³/mol. The van der Waals surface area contributed by atoms with Crippen LogP contribution in [-0.4, -0.2) is 10.5 Å². The predicted octanol–water partition coefficient (Wildman–Crippen LogP) is 4.51. The van der Waals surface area contributed by atoms with Crippen LogP contribution in [0.1, 0.15) is 0 Å². The smallest absolute Gasteiger partial charge is 0.408 e. The molecule has 0 aliphatic rings. The lowest BCUT2D eigenvalue weighted by Crippen LogP contribution is -2.14. The fourth-order valence-electron chi connectivity index (χ4n) is 1.05. The molecule has 0 aromatic heterocycles. The van der Waals surface area contributed by atoms with E-state index in [1.165, 1.54) is 27.4 Å². The number of hydrogen-bond acceptors (Lipinski definition) is 3. The van der Waals surface area contributed by atoms with Crippen molar-refractivity contribution in [3.05, 3.63) is 34.9 Å². The van der Waals surface area contributed by atoms with Gasteiger partial charge in [-0.1, -0.05) is 0 Å². The third-order valence-corrected chi connectivity index (χ3v) is 2.40. The molecule has 0 amide bonds. The molecule has 0 saturated heterocycles. The molecular formula is C10H9Br2F2N2OP. The number of ether oxygens (including phenoxy) is 1. The van der Waals surface area contributed by atoms with E-state index in [0.29, 0.717) is 10.3 Å². The summed E-state index contributed by atoms with van der Waals surface area (Å²) in [5, 5.41) is 10.1. The zero-order chi connectivity index (χ0) is 13.8. The average molecular weight is 402 g/mol. The Balaban J connectivity index is 2.69. The third-order valence-electron chi connectivity index (χ3n) is 1.63. The van der Waals surface area contributed by atoms with Gasteiger partial charge in [0.05, 0.1) is 9.23 Å². The van der Waals surface area contributed by atoms with E-state index in [9.17, 15) is 8.78 Å². The van der Waals surface area contributed by atoms with Gasteiger partial charge in [-0.3, -0.25) is 5.41 Å². The maximum atomic E-state index is 12.5. The molecule has 0 saturated carbocycles. The standard InChI is InChI=1S/C10H9Br2F2N2OP/c11-8(15)5-9(12)16-6-1-3-7(4-2-6)17-10(13,14)18/h1-5,15-16H,18H2/b9-5-,15-8?. The summed E-state index contributed by atoms with van der Waals surface area (Å²) in [5.41, 5.74) is 0.672. The molecule has 3 nitrogen and oxygen atoms in total. The van der Waals surface area contributed by atoms with Crippen LogP contribution in [0.3, 0.4) is 0 Å². The summed E-state index contributed by atoms with van der Waals surface area (Å²) in [7, 11) is 1.30. The van der Waals surface area contributed by atoms with Gasteiger partial charge in [-0.05, 0) is 65.4 Å². The van der Waals surface area contributed by atoms with Crippen LogP contribution in [0.5, 0.6) is 5.75 Å². The van der Waals surface area contributed by atoms with Gasteiger partial charge in [0, 0.05) is 11.8 Å². The lowest BCUT2D eigenvalue weighted by Gasteiger charge is -2.13. The van der Waals surface area contributed by atoms with Gasteiger partial charge in [-0.15, -0.1) is 0 Å². The van der Waals surface area contributed by atoms with E-state index < -0.39 is 5.85 Å². The van der Waals surface area contributed by atoms with Crippen LogP contribution in [0.25, 0.3) is 0 Å². The quantitative estimate of drug-likeness (QED) is 0.433. The molecule has 1 aromatic carbocycles. The first-order chi connectivity index (χ1) is 8.26. The number of halogens is 4. The molecule has 98 valence electrons. The second kappa shape index (κ2) is 6.59. The summed E-state index contributed by atoms with van der Waals surface area (Å²) in [6.45, 7) is 0. The minimum atomic E-state index is -3.28. The molecule has 0 aliphatic heterocycles. The lowest BCUT2D eigenvalue weighted by molar-refractivity contribution is -0.0892. The Kier molecular flexibility index (Phi) is 5.69. The Morgan fingerprint density at radius 3 is 2.33 bits per heavy atom. The summed E-state index contributed by atoms with van der Waals surface area (Å²) in [5.74, 6) is -3.21. The average Bonchev–Trinajstić information content (AvgIpc) is 2.17. The number of allylic oxidation sites excluding steroid dienone is 1.